The third kappa shape index (κ3) is 6.71. The van der Waals surface area contributed by atoms with Gasteiger partial charge in [-0.05, 0) is 55.6 Å². The largest absolute Gasteiger partial charge is 0.496 e. The maximum Gasteiger partial charge on any atom is 0.222 e. The van der Waals surface area contributed by atoms with E-state index < -0.39 is 0 Å². The first kappa shape index (κ1) is 24.1. The standard InChI is InChI=1S/C15H22ClNO.C10H12N4/c1-18-15-8-7-14(16)9-13(15)11-17-10-12-5-3-2-4-6-12;1-14(2)9-7-5-3-4-6-8(7)12-10(11)13-9/h7-9,12,17H,2-6,10-11H2,1H3;3-6H,1-2H3,(H2,11,12,13). The van der Waals surface area contributed by atoms with Crippen LogP contribution in [0.1, 0.15) is 37.7 Å². The predicted octanol–water partition coefficient (Wildman–Crippen LogP) is 5.30. The molecule has 1 fully saturated rings. The number of ether oxygens (including phenoxy) is 1. The van der Waals surface area contributed by atoms with E-state index in [4.69, 9.17) is 22.1 Å². The van der Waals surface area contributed by atoms with Gasteiger partial charge in [-0.2, -0.15) is 4.98 Å². The topological polar surface area (TPSA) is 76.3 Å². The van der Waals surface area contributed by atoms with Crippen LogP contribution in [0.15, 0.2) is 42.5 Å². The second-order valence-corrected chi connectivity index (χ2v) is 8.84. The second kappa shape index (κ2) is 11.9. The number of nitrogens with zero attached hydrogens (tertiary/aromatic N) is 3. The zero-order chi connectivity index (χ0) is 22.9. The molecule has 0 aliphatic heterocycles. The molecule has 7 heteroatoms. The number of fused-ring (bicyclic) bond motifs is 1. The van der Waals surface area contributed by atoms with Gasteiger partial charge < -0.3 is 20.7 Å². The molecule has 1 heterocycles. The summed E-state index contributed by atoms with van der Waals surface area (Å²) in [6.07, 6.45) is 6.96. The highest BCUT2D eigenvalue weighted by atomic mass is 35.5. The maximum atomic E-state index is 6.02. The number of nitrogens with two attached hydrogens (primary N) is 1. The number of nitrogen functional groups attached to an aromatic ring is 1. The lowest BCUT2D eigenvalue weighted by atomic mass is 9.89. The van der Waals surface area contributed by atoms with E-state index in [9.17, 15) is 0 Å². The van der Waals surface area contributed by atoms with Crippen molar-refractivity contribution in [2.75, 3.05) is 38.4 Å². The second-order valence-electron chi connectivity index (χ2n) is 8.41. The van der Waals surface area contributed by atoms with Crippen molar-refractivity contribution in [2.45, 2.75) is 38.6 Å². The summed E-state index contributed by atoms with van der Waals surface area (Å²) in [5, 5.41) is 5.32. The van der Waals surface area contributed by atoms with Crippen LogP contribution in [-0.2, 0) is 6.54 Å². The number of nitrogens with one attached hydrogen (secondary N) is 1. The highest BCUT2D eigenvalue weighted by Crippen LogP contribution is 2.25. The molecule has 1 aliphatic carbocycles. The highest BCUT2D eigenvalue weighted by Gasteiger charge is 2.13. The van der Waals surface area contributed by atoms with Crippen LogP contribution in [0.25, 0.3) is 10.9 Å². The first-order valence-electron chi connectivity index (χ1n) is 11.2. The number of hydrogen-bond donors (Lipinski definition) is 2. The van der Waals surface area contributed by atoms with Gasteiger partial charge in [-0.3, -0.25) is 0 Å². The summed E-state index contributed by atoms with van der Waals surface area (Å²) in [5.41, 5.74) is 7.63. The third-order valence-corrected chi connectivity index (χ3v) is 5.97. The fraction of sp³-hybridized carbons (Fsp3) is 0.440. The van der Waals surface area contributed by atoms with Crippen molar-refractivity contribution in [3.05, 3.63) is 53.1 Å². The number of anilines is 2. The van der Waals surface area contributed by atoms with Gasteiger partial charge in [0.1, 0.15) is 11.6 Å². The smallest absolute Gasteiger partial charge is 0.222 e. The fourth-order valence-corrected chi connectivity index (χ4v) is 4.30. The van der Waals surface area contributed by atoms with Gasteiger partial charge in [-0.25, -0.2) is 4.98 Å². The van der Waals surface area contributed by atoms with Crippen molar-refractivity contribution in [1.82, 2.24) is 15.3 Å². The minimum atomic E-state index is 0.312. The molecule has 0 bridgehead atoms. The van der Waals surface area contributed by atoms with E-state index >= 15 is 0 Å². The van der Waals surface area contributed by atoms with E-state index in [0.29, 0.717) is 5.95 Å². The van der Waals surface area contributed by atoms with Crippen LogP contribution in [-0.4, -0.2) is 37.7 Å². The predicted molar refractivity (Wildman–Crippen MR) is 135 cm³/mol. The summed E-state index contributed by atoms with van der Waals surface area (Å²) >= 11 is 6.02. The van der Waals surface area contributed by atoms with E-state index in [0.717, 1.165) is 52.1 Å². The molecule has 1 aromatic heterocycles. The lowest BCUT2D eigenvalue weighted by Crippen LogP contribution is -2.24. The van der Waals surface area contributed by atoms with Crippen molar-refractivity contribution >= 4 is 34.3 Å². The lowest BCUT2D eigenvalue weighted by Gasteiger charge is -2.22. The molecule has 3 aromatic rings. The van der Waals surface area contributed by atoms with Gasteiger partial charge in [0.2, 0.25) is 5.95 Å². The number of benzene rings is 2. The summed E-state index contributed by atoms with van der Waals surface area (Å²) in [7, 11) is 5.58. The van der Waals surface area contributed by atoms with E-state index in [2.05, 4.69) is 15.3 Å². The molecule has 172 valence electrons. The molecular formula is C25H34ClN5O. The van der Waals surface area contributed by atoms with Gasteiger partial charge in [-0.1, -0.05) is 43.0 Å². The Morgan fingerprint density at radius 1 is 1.09 bits per heavy atom. The monoisotopic (exact) mass is 455 g/mol. The van der Waals surface area contributed by atoms with Crippen LogP contribution in [0, 0.1) is 5.92 Å². The summed E-state index contributed by atoms with van der Waals surface area (Å²) < 4.78 is 5.34. The van der Waals surface area contributed by atoms with Gasteiger partial charge in [0.15, 0.2) is 0 Å². The Balaban J connectivity index is 0.000000186. The van der Waals surface area contributed by atoms with Crippen molar-refractivity contribution in [3.8, 4) is 5.75 Å². The Morgan fingerprint density at radius 2 is 1.84 bits per heavy atom. The average Bonchev–Trinajstić information content (AvgIpc) is 2.80. The molecule has 0 saturated heterocycles. The molecule has 3 N–H and O–H groups in total. The quantitative estimate of drug-likeness (QED) is 0.525. The van der Waals surface area contributed by atoms with Gasteiger partial charge in [-0.15, -0.1) is 0 Å². The Morgan fingerprint density at radius 3 is 2.56 bits per heavy atom. The molecule has 0 radical (unpaired) electrons. The molecule has 2 aromatic carbocycles. The van der Waals surface area contributed by atoms with Crippen molar-refractivity contribution in [3.63, 3.8) is 0 Å². The number of methoxy groups -OCH3 is 1. The van der Waals surface area contributed by atoms with Crippen molar-refractivity contribution in [1.29, 1.82) is 0 Å². The number of para-hydroxylation sites is 1. The van der Waals surface area contributed by atoms with Gasteiger partial charge >= 0.3 is 0 Å². The van der Waals surface area contributed by atoms with E-state index in [1.807, 2.05) is 61.5 Å². The van der Waals surface area contributed by atoms with E-state index in [1.54, 1.807) is 7.11 Å². The average molecular weight is 456 g/mol. The fourth-order valence-electron chi connectivity index (χ4n) is 4.11. The first-order valence-corrected chi connectivity index (χ1v) is 11.6. The molecule has 0 spiro atoms. The van der Waals surface area contributed by atoms with E-state index in [1.165, 1.54) is 32.1 Å². The summed E-state index contributed by atoms with van der Waals surface area (Å²) in [6.45, 7) is 1.94. The van der Waals surface area contributed by atoms with Gasteiger partial charge in [0, 0.05) is 36.6 Å². The summed E-state index contributed by atoms with van der Waals surface area (Å²) in [4.78, 5) is 10.3. The Bertz CT molecular complexity index is 1000. The highest BCUT2D eigenvalue weighted by molar-refractivity contribution is 6.30. The Kier molecular flexibility index (Phi) is 8.94. The van der Waals surface area contributed by atoms with Crippen LogP contribution >= 0.6 is 11.6 Å². The minimum Gasteiger partial charge on any atom is -0.496 e. The molecule has 32 heavy (non-hydrogen) atoms. The van der Waals surface area contributed by atoms with Gasteiger partial charge in [0.25, 0.3) is 0 Å². The Labute approximate surface area is 196 Å². The Hall–Kier alpha value is -2.57. The number of hydrogen-bond acceptors (Lipinski definition) is 6. The third-order valence-electron chi connectivity index (χ3n) is 5.74. The van der Waals surface area contributed by atoms with Gasteiger partial charge in [0.05, 0.1) is 12.6 Å². The molecule has 0 atom stereocenters. The molecule has 1 saturated carbocycles. The number of rotatable bonds is 6. The zero-order valence-electron chi connectivity index (χ0n) is 19.3. The molecule has 0 amide bonds. The number of aromatic nitrogens is 2. The van der Waals surface area contributed by atoms with Crippen LogP contribution in [0.3, 0.4) is 0 Å². The number of halogens is 1. The first-order chi connectivity index (χ1) is 15.5. The molecule has 6 nitrogen and oxygen atoms in total. The van der Waals surface area contributed by atoms with E-state index in [-0.39, 0.29) is 0 Å². The van der Waals surface area contributed by atoms with Crippen molar-refractivity contribution < 1.29 is 4.74 Å². The molecule has 1 aliphatic rings. The van der Waals surface area contributed by atoms with Crippen LogP contribution < -0.4 is 20.7 Å². The lowest BCUT2D eigenvalue weighted by molar-refractivity contribution is 0.340. The van der Waals surface area contributed by atoms with Crippen molar-refractivity contribution in [2.24, 2.45) is 5.92 Å². The maximum absolute atomic E-state index is 6.02. The molecule has 0 unspecified atom stereocenters. The molecular weight excluding hydrogens is 422 g/mol. The zero-order valence-corrected chi connectivity index (χ0v) is 20.0. The summed E-state index contributed by atoms with van der Waals surface area (Å²) in [6, 6.07) is 13.6. The minimum absolute atomic E-state index is 0.312. The van der Waals surface area contributed by atoms with Crippen LogP contribution in [0.5, 0.6) is 5.75 Å². The SMILES string of the molecule is CN(C)c1nc(N)nc2ccccc12.COc1ccc(Cl)cc1CNCC1CCCCC1. The van der Waals surface area contributed by atoms with Crippen LogP contribution in [0.2, 0.25) is 5.02 Å². The molecule has 4 rings (SSSR count). The normalized spacial score (nSPS) is 14.0. The van der Waals surface area contributed by atoms with Crippen LogP contribution in [0.4, 0.5) is 11.8 Å². The summed E-state index contributed by atoms with van der Waals surface area (Å²) in [5.74, 6) is 2.93.